The molecule has 29 heavy (non-hydrogen) atoms. The van der Waals surface area contributed by atoms with E-state index in [0.29, 0.717) is 55.1 Å². The fourth-order valence-corrected chi connectivity index (χ4v) is 4.84. The molecule has 1 aromatic heterocycles. The zero-order valence-electron chi connectivity index (χ0n) is 16.9. The molecule has 0 aliphatic heterocycles. The molecule has 3 rings (SSSR count). The zero-order valence-corrected chi connectivity index (χ0v) is 16.9. The summed E-state index contributed by atoms with van der Waals surface area (Å²) in [7, 11) is 0. The van der Waals surface area contributed by atoms with Gasteiger partial charge in [0.1, 0.15) is 5.82 Å². The summed E-state index contributed by atoms with van der Waals surface area (Å²) >= 11 is 0. The molecule has 2 aliphatic rings. The maximum atomic E-state index is 12.4. The van der Waals surface area contributed by atoms with E-state index >= 15 is 0 Å². The van der Waals surface area contributed by atoms with Crippen LogP contribution in [0.15, 0.2) is 6.20 Å². The third-order valence-electron chi connectivity index (χ3n) is 6.28. The van der Waals surface area contributed by atoms with E-state index in [0.717, 1.165) is 32.1 Å². The van der Waals surface area contributed by atoms with Gasteiger partial charge in [0, 0.05) is 12.6 Å². The molecule has 2 fully saturated rings. The highest BCUT2D eigenvalue weighted by molar-refractivity contribution is 5.93. The monoisotopic (exact) mass is 411 g/mol. The summed E-state index contributed by atoms with van der Waals surface area (Å²) in [6, 6.07) is 0. The van der Waals surface area contributed by atoms with Crippen molar-refractivity contribution >= 4 is 5.91 Å². The van der Waals surface area contributed by atoms with Crippen LogP contribution in [0.1, 0.15) is 80.2 Å². The van der Waals surface area contributed by atoms with Gasteiger partial charge in [-0.05, 0) is 70.1 Å². The number of nitrogens with zero attached hydrogens (tertiary/aromatic N) is 2. The highest BCUT2D eigenvalue weighted by Crippen LogP contribution is 2.34. The molecule has 0 spiro atoms. The van der Waals surface area contributed by atoms with Crippen molar-refractivity contribution in [2.45, 2.75) is 89.4 Å². The lowest BCUT2D eigenvalue weighted by Crippen LogP contribution is -2.33. The number of carbonyl (C=O) groups excluding carboxylic acids is 1. The molecule has 6 nitrogen and oxygen atoms in total. The molecule has 1 heterocycles. The molecule has 0 unspecified atom stereocenters. The van der Waals surface area contributed by atoms with Crippen LogP contribution in [-0.4, -0.2) is 39.3 Å². The highest BCUT2D eigenvalue weighted by Gasteiger charge is 2.31. The van der Waals surface area contributed by atoms with Crippen LogP contribution < -0.4 is 5.73 Å². The van der Waals surface area contributed by atoms with Gasteiger partial charge in [-0.15, -0.1) is 0 Å². The van der Waals surface area contributed by atoms with Crippen LogP contribution in [0, 0.1) is 11.8 Å². The number of carbonyl (C=O) groups is 1. The first-order chi connectivity index (χ1) is 13.7. The molecule has 2 saturated carbocycles. The predicted octanol–water partition coefficient (Wildman–Crippen LogP) is 3.40. The molecular formula is C21H31F2N3O3. The molecule has 2 atom stereocenters. The van der Waals surface area contributed by atoms with E-state index in [4.69, 9.17) is 5.73 Å². The summed E-state index contributed by atoms with van der Waals surface area (Å²) in [5.74, 6) is 0.682. The third kappa shape index (κ3) is 6.40. The topological polar surface area (TPSA) is 98.3 Å². The van der Waals surface area contributed by atoms with Crippen molar-refractivity contribution in [3.8, 4) is 0 Å². The van der Waals surface area contributed by atoms with Gasteiger partial charge in [-0.1, -0.05) is 6.42 Å². The number of rotatable bonds is 7. The summed E-state index contributed by atoms with van der Waals surface area (Å²) < 4.78 is 29.3. The van der Waals surface area contributed by atoms with Crippen molar-refractivity contribution in [3.63, 3.8) is 0 Å². The molecular weight excluding hydrogens is 380 g/mol. The minimum atomic E-state index is -2.72. The van der Waals surface area contributed by atoms with Crippen molar-refractivity contribution < 1.29 is 23.4 Å². The second kappa shape index (κ2) is 9.43. The van der Waals surface area contributed by atoms with Gasteiger partial charge in [-0.3, -0.25) is 4.79 Å². The number of aromatic nitrogens is 2. The normalized spacial score (nSPS) is 30.4. The van der Waals surface area contributed by atoms with Crippen LogP contribution in [0.4, 0.5) is 8.78 Å². The Balaban J connectivity index is 1.65. The molecule has 0 bridgehead atoms. The van der Waals surface area contributed by atoms with Gasteiger partial charge < -0.3 is 15.6 Å². The average Bonchev–Trinajstić information content (AvgIpc) is 2.62. The Morgan fingerprint density at radius 3 is 2.62 bits per heavy atom. The standard InChI is InChI=1S/C21H31F2N3O3/c1-21(28)8-2-3-14(11-21)9-17-16(19(24)27)12-25-18(26-17)10-13-4-6-15(7-5-13)29-20(22)23/h12-15,20,28H,2-11H2,1H3,(H2,24,27)/t13-,14-,15-,21-/m0/s1. The first kappa shape index (κ1) is 22.0. The quantitative estimate of drug-likeness (QED) is 0.717. The van der Waals surface area contributed by atoms with Crippen molar-refractivity contribution in [2.75, 3.05) is 0 Å². The average molecular weight is 411 g/mol. The van der Waals surface area contributed by atoms with Gasteiger partial charge in [-0.2, -0.15) is 8.78 Å². The zero-order chi connectivity index (χ0) is 21.0. The Hall–Kier alpha value is -1.67. The lowest BCUT2D eigenvalue weighted by Gasteiger charge is -2.34. The molecule has 162 valence electrons. The van der Waals surface area contributed by atoms with E-state index in [-0.39, 0.29) is 12.0 Å². The molecule has 0 radical (unpaired) electrons. The highest BCUT2D eigenvalue weighted by atomic mass is 19.3. The summed E-state index contributed by atoms with van der Waals surface area (Å²) in [6.45, 7) is -0.863. The molecule has 1 aromatic rings. The fourth-order valence-electron chi connectivity index (χ4n) is 4.84. The Morgan fingerprint density at radius 2 is 2.00 bits per heavy atom. The lowest BCUT2D eigenvalue weighted by molar-refractivity contribution is -0.171. The van der Waals surface area contributed by atoms with Gasteiger partial charge in [0.25, 0.3) is 5.91 Å². The minimum absolute atomic E-state index is 0.251. The number of nitrogens with two attached hydrogens (primary N) is 1. The maximum absolute atomic E-state index is 12.4. The largest absolute Gasteiger partial charge is 0.390 e. The number of primary amides is 1. The van der Waals surface area contributed by atoms with Crippen LogP contribution in [0.3, 0.4) is 0 Å². The summed E-state index contributed by atoms with van der Waals surface area (Å²) in [6.07, 6.45) is 8.58. The molecule has 0 saturated heterocycles. The predicted molar refractivity (Wildman–Crippen MR) is 103 cm³/mol. The maximum Gasteiger partial charge on any atom is 0.345 e. The molecule has 0 aromatic carbocycles. The van der Waals surface area contributed by atoms with E-state index in [2.05, 4.69) is 14.7 Å². The number of amides is 1. The van der Waals surface area contributed by atoms with Gasteiger partial charge in [0.05, 0.1) is 23.0 Å². The molecule has 1 amide bonds. The number of hydrogen-bond acceptors (Lipinski definition) is 5. The smallest absolute Gasteiger partial charge is 0.345 e. The first-order valence-electron chi connectivity index (χ1n) is 10.5. The summed E-state index contributed by atoms with van der Waals surface area (Å²) in [5, 5.41) is 10.4. The van der Waals surface area contributed by atoms with Gasteiger partial charge in [0.15, 0.2) is 0 Å². The van der Waals surface area contributed by atoms with Crippen LogP contribution in [-0.2, 0) is 17.6 Å². The van der Waals surface area contributed by atoms with Crippen LogP contribution in [0.25, 0.3) is 0 Å². The number of halogens is 2. The molecule has 2 aliphatic carbocycles. The number of aliphatic hydroxyl groups is 1. The fraction of sp³-hybridized carbons (Fsp3) is 0.762. The molecule has 3 N–H and O–H groups in total. The SMILES string of the molecule is C[C@]1(O)CCC[C@@H](Cc2nc(C[C@H]3CC[C@H](OC(F)F)CC3)ncc2C(N)=O)C1. The second-order valence-corrected chi connectivity index (χ2v) is 8.92. The van der Waals surface area contributed by atoms with Crippen LogP contribution in [0.2, 0.25) is 0 Å². The number of hydrogen-bond donors (Lipinski definition) is 2. The molecule has 8 heteroatoms. The first-order valence-corrected chi connectivity index (χ1v) is 10.5. The third-order valence-corrected chi connectivity index (χ3v) is 6.28. The van der Waals surface area contributed by atoms with Crippen molar-refractivity contribution in [3.05, 3.63) is 23.3 Å². The Bertz CT molecular complexity index is 706. The van der Waals surface area contributed by atoms with E-state index in [1.54, 1.807) is 0 Å². The van der Waals surface area contributed by atoms with Gasteiger partial charge in [0.2, 0.25) is 0 Å². The Morgan fingerprint density at radius 1 is 1.28 bits per heavy atom. The van der Waals surface area contributed by atoms with Crippen molar-refractivity contribution in [1.29, 1.82) is 0 Å². The van der Waals surface area contributed by atoms with E-state index < -0.39 is 18.1 Å². The second-order valence-electron chi connectivity index (χ2n) is 8.92. The van der Waals surface area contributed by atoms with E-state index in [9.17, 15) is 18.7 Å². The van der Waals surface area contributed by atoms with Gasteiger partial charge in [-0.25, -0.2) is 9.97 Å². The van der Waals surface area contributed by atoms with E-state index in [1.807, 2.05) is 6.92 Å². The van der Waals surface area contributed by atoms with E-state index in [1.165, 1.54) is 6.20 Å². The Labute approximate surface area is 170 Å². The van der Waals surface area contributed by atoms with Crippen molar-refractivity contribution in [1.82, 2.24) is 9.97 Å². The Kier molecular flexibility index (Phi) is 7.16. The van der Waals surface area contributed by atoms with Crippen molar-refractivity contribution in [2.24, 2.45) is 17.6 Å². The number of ether oxygens (including phenoxy) is 1. The van der Waals surface area contributed by atoms with Crippen LogP contribution >= 0.6 is 0 Å². The van der Waals surface area contributed by atoms with Gasteiger partial charge >= 0.3 is 6.61 Å². The van der Waals surface area contributed by atoms with Crippen LogP contribution in [0.5, 0.6) is 0 Å². The summed E-state index contributed by atoms with van der Waals surface area (Å²) in [5.41, 5.74) is 5.84. The summed E-state index contributed by atoms with van der Waals surface area (Å²) in [4.78, 5) is 20.8. The number of alkyl halides is 2. The lowest BCUT2D eigenvalue weighted by atomic mass is 9.77. The minimum Gasteiger partial charge on any atom is -0.390 e.